The Kier molecular flexibility index (Phi) is 7.90. The molecule has 1 aromatic carbocycles. The summed E-state index contributed by atoms with van der Waals surface area (Å²) in [6, 6.07) is 9.28. The minimum atomic E-state index is -3.54. The molecule has 1 atom stereocenters. The number of carbonyl (C=O) groups excluding carboxylic acids is 1. The number of thiazole rings is 1. The van der Waals surface area contributed by atoms with Crippen LogP contribution in [-0.2, 0) is 24.2 Å². The molecule has 2 aromatic heterocycles. The minimum absolute atomic E-state index is 0.0686. The molecule has 11 nitrogen and oxygen atoms in total. The summed E-state index contributed by atoms with van der Waals surface area (Å²) in [5, 5.41) is 15.3. The van der Waals surface area contributed by atoms with E-state index in [1.165, 1.54) is 42.7 Å². The van der Waals surface area contributed by atoms with Gasteiger partial charge in [-0.25, -0.2) is 18.4 Å². The molecule has 0 bridgehead atoms. The summed E-state index contributed by atoms with van der Waals surface area (Å²) in [5.74, 6) is -0.169. The predicted octanol–water partition coefficient (Wildman–Crippen LogP) is 2.00. The van der Waals surface area contributed by atoms with Gasteiger partial charge in [0.2, 0.25) is 5.88 Å². The van der Waals surface area contributed by atoms with Crippen molar-refractivity contribution in [3.05, 3.63) is 42.0 Å². The van der Waals surface area contributed by atoms with Gasteiger partial charge in [-0.3, -0.25) is 10.1 Å². The van der Waals surface area contributed by atoms with Gasteiger partial charge in [-0.2, -0.15) is 0 Å². The lowest BCUT2D eigenvalue weighted by molar-refractivity contribution is -0.110. The van der Waals surface area contributed by atoms with Crippen molar-refractivity contribution in [1.29, 1.82) is 0 Å². The van der Waals surface area contributed by atoms with E-state index in [0.717, 1.165) is 0 Å². The van der Waals surface area contributed by atoms with Gasteiger partial charge in [0.05, 0.1) is 23.9 Å². The van der Waals surface area contributed by atoms with Crippen molar-refractivity contribution < 1.29 is 32.6 Å². The molecule has 3 aromatic rings. The highest BCUT2D eigenvalue weighted by Crippen LogP contribution is 2.27. The van der Waals surface area contributed by atoms with Gasteiger partial charge in [0.15, 0.2) is 20.7 Å². The normalized spacial score (nSPS) is 16.4. The molecule has 1 amide bonds. The van der Waals surface area contributed by atoms with E-state index in [1.54, 1.807) is 12.1 Å². The van der Waals surface area contributed by atoms with Gasteiger partial charge in [-0.1, -0.05) is 28.6 Å². The first kappa shape index (κ1) is 25.0. The Morgan fingerprint density at radius 3 is 2.74 bits per heavy atom. The maximum absolute atomic E-state index is 13.1. The van der Waals surface area contributed by atoms with Crippen molar-refractivity contribution in [2.75, 3.05) is 38.9 Å². The molecule has 0 radical (unpaired) electrons. The number of carbonyl (C=O) groups is 1. The Hall–Kier alpha value is -3.13. The van der Waals surface area contributed by atoms with Crippen molar-refractivity contribution in [3.8, 4) is 5.88 Å². The highest BCUT2D eigenvalue weighted by Gasteiger charge is 2.31. The number of amides is 1. The number of aromatic nitrogens is 2. The van der Waals surface area contributed by atoms with E-state index >= 15 is 0 Å². The summed E-state index contributed by atoms with van der Waals surface area (Å²) in [6.07, 6.45) is 0.783. The highest BCUT2D eigenvalue weighted by molar-refractivity contribution is 7.92. The molecule has 186 valence electrons. The second-order valence-electron chi connectivity index (χ2n) is 7.56. The predicted molar refractivity (Wildman–Crippen MR) is 130 cm³/mol. The molecular formula is C22H24N4O7S2. The van der Waals surface area contributed by atoms with Crippen LogP contribution in [0.25, 0.3) is 10.3 Å². The monoisotopic (exact) mass is 520 g/mol. The lowest BCUT2D eigenvalue weighted by Gasteiger charge is -2.11. The number of anilines is 1. The van der Waals surface area contributed by atoms with Crippen LogP contribution in [0, 0.1) is 0 Å². The number of oxime groups is 1. The highest BCUT2D eigenvalue weighted by atomic mass is 32.2. The van der Waals surface area contributed by atoms with Gasteiger partial charge < -0.3 is 19.4 Å². The fourth-order valence-electron chi connectivity index (χ4n) is 3.34. The van der Waals surface area contributed by atoms with Crippen molar-refractivity contribution >= 4 is 48.3 Å². The van der Waals surface area contributed by atoms with Crippen LogP contribution < -0.4 is 10.1 Å². The van der Waals surface area contributed by atoms with Crippen LogP contribution in [0.15, 0.2) is 46.4 Å². The van der Waals surface area contributed by atoms with Gasteiger partial charge in [0.1, 0.15) is 17.0 Å². The number of aliphatic hydroxyl groups is 1. The summed E-state index contributed by atoms with van der Waals surface area (Å²) in [6.45, 7) is 0.599. The van der Waals surface area contributed by atoms with Crippen molar-refractivity contribution in [2.24, 2.45) is 5.16 Å². The molecule has 4 rings (SSSR count). The Labute approximate surface area is 205 Å². The lowest BCUT2D eigenvalue weighted by atomic mass is 10.1. The molecule has 3 heterocycles. The van der Waals surface area contributed by atoms with Crippen molar-refractivity contribution in [1.82, 2.24) is 9.97 Å². The average Bonchev–Trinajstić information content (AvgIpc) is 3.54. The molecule has 13 heteroatoms. The van der Waals surface area contributed by atoms with Gasteiger partial charge in [-0.15, -0.1) is 0 Å². The van der Waals surface area contributed by atoms with Gasteiger partial charge in [0, 0.05) is 31.3 Å². The summed E-state index contributed by atoms with van der Waals surface area (Å²) in [5.41, 5.74) is 0.879. The van der Waals surface area contributed by atoms with E-state index < -0.39 is 21.0 Å². The number of pyridine rings is 1. The summed E-state index contributed by atoms with van der Waals surface area (Å²) in [7, 11) is -2.04. The molecule has 1 aliphatic heterocycles. The minimum Gasteiger partial charge on any atom is -0.481 e. The number of hydrogen-bond acceptors (Lipinski definition) is 11. The third-order valence-electron chi connectivity index (χ3n) is 5.21. The van der Waals surface area contributed by atoms with E-state index in [1.807, 2.05) is 0 Å². The maximum Gasteiger partial charge on any atom is 0.280 e. The van der Waals surface area contributed by atoms with Crippen LogP contribution in [-0.4, -0.2) is 73.9 Å². The lowest BCUT2D eigenvalue weighted by Crippen LogP contribution is -2.25. The van der Waals surface area contributed by atoms with Crippen LogP contribution in [0.4, 0.5) is 5.13 Å². The Morgan fingerprint density at radius 1 is 1.26 bits per heavy atom. The number of sulfone groups is 1. The third kappa shape index (κ3) is 5.75. The summed E-state index contributed by atoms with van der Waals surface area (Å²) < 4.78 is 35.9. The molecule has 1 saturated heterocycles. The standard InChI is InChI=1S/C22H24N4O7S2/c1-31-18-8-7-17-21(24-18)34-22(23-17)25-20(28)19(26-33-11-2-10-27)14-3-5-15(6-4-14)35(29,30)16-9-12-32-13-16/h3-8,16,27H,2,9-13H2,1H3,(H,23,25,28)/t16-/m0/s1. The SMILES string of the molecule is COc1ccc2nc(NC(=O)C(=NOCCCO)c3ccc(S(=O)(=O)[C@H]4CCOC4)cc3)sc2n1. The second kappa shape index (κ2) is 11.1. The van der Waals surface area contributed by atoms with E-state index in [2.05, 4.69) is 20.4 Å². The molecule has 0 spiro atoms. The first-order chi connectivity index (χ1) is 16.9. The number of nitrogens with zero attached hydrogens (tertiary/aromatic N) is 3. The third-order valence-corrected chi connectivity index (χ3v) is 8.27. The number of fused-ring (bicyclic) bond motifs is 1. The molecule has 1 fully saturated rings. The molecule has 1 aliphatic rings. The number of aliphatic hydroxyl groups excluding tert-OH is 1. The van der Waals surface area contributed by atoms with Gasteiger partial charge in [-0.05, 0) is 24.6 Å². The van der Waals surface area contributed by atoms with E-state index in [4.69, 9.17) is 19.4 Å². The zero-order valence-electron chi connectivity index (χ0n) is 18.8. The Bertz CT molecular complexity index is 1320. The summed E-state index contributed by atoms with van der Waals surface area (Å²) in [4.78, 5) is 27.7. The molecule has 0 unspecified atom stereocenters. The first-order valence-corrected chi connectivity index (χ1v) is 13.1. The Balaban J connectivity index is 1.57. The number of ether oxygens (including phenoxy) is 2. The van der Waals surface area contributed by atoms with Crippen LogP contribution >= 0.6 is 11.3 Å². The fraction of sp³-hybridized carbons (Fsp3) is 0.364. The first-order valence-electron chi connectivity index (χ1n) is 10.8. The van der Waals surface area contributed by atoms with Crippen molar-refractivity contribution in [2.45, 2.75) is 23.0 Å². The molecule has 0 saturated carbocycles. The van der Waals surface area contributed by atoms with Crippen LogP contribution in [0.3, 0.4) is 0 Å². The van der Waals surface area contributed by atoms with Crippen LogP contribution in [0.1, 0.15) is 18.4 Å². The zero-order chi connectivity index (χ0) is 24.8. The number of hydrogen-bond donors (Lipinski definition) is 2. The number of nitrogens with one attached hydrogen (secondary N) is 1. The average molecular weight is 521 g/mol. The van der Waals surface area contributed by atoms with Crippen molar-refractivity contribution in [3.63, 3.8) is 0 Å². The smallest absolute Gasteiger partial charge is 0.280 e. The number of methoxy groups -OCH3 is 1. The summed E-state index contributed by atoms with van der Waals surface area (Å²) >= 11 is 1.17. The largest absolute Gasteiger partial charge is 0.481 e. The molecule has 0 aliphatic carbocycles. The van der Waals surface area contributed by atoms with Crippen LogP contribution in [0.2, 0.25) is 0 Å². The Morgan fingerprint density at radius 2 is 2.06 bits per heavy atom. The van der Waals surface area contributed by atoms with Crippen LogP contribution in [0.5, 0.6) is 5.88 Å². The topological polar surface area (TPSA) is 149 Å². The molecule has 35 heavy (non-hydrogen) atoms. The van der Waals surface area contributed by atoms with E-state index in [9.17, 15) is 13.2 Å². The second-order valence-corrected chi connectivity index (χ2v) is 10.8. The number of benzene rings is 1. The van der Waals surface area contributed by atoms with E-state index in [-0.39, 0.29) is 30.4 Å². The fourth-order valence-corrected chi connectivity index (χ4v) is 5.75. The number of rotatable bonds is 10. The molecule has 2 N–H and O–H groups in total. The zero-order valence-corrected chi connectivity index (χ0v) is 20.5. The van der Waals surface area contributed by atoms with E-state index in [0.29, 0.717) is 46.4 Å². The van der Waals surface area contributed by atoms with Gasteiger partial charge >= 0.3 is 0 Å². The quantitative estimate of drug-likeness (QED) is 0.232. The van der Waals surface area contributed by atoms with Gasteiger partial charge in [0.25, 0.3) is 5.91 Å². The maximum atomic E-state index is 13.1. The molecular weight excluding hydrogens is 496 g/mol.